The number of ether oxygens (including phenoxy) is 1. The molecule has 20 heavy (non-hydrogen) atoms. The van der Waals surface area contributed by atoms with Crippen molar-refractivity contribution < 1.29 is 4.74 Å². The number of aryl methyl sites for hydroxylation is 3. The molecule has 0 saturated carbocycles. The first-order valence-corrected chi connectivity index (χ1v) is 7.30. The molecule has 0 aliphatic rings. The summed E-state index contributed by atoms with van der Waals surface area (Å²) in [5.41, 5.74) is 9.25. The van der Waals surface area contributed by atoms with E-state index in [1.807, 2.05) is 45.0 Å². The molecule has 2 N–H and O–H groups in total. The minimum absolute atomic E-state index is 0.285. The van der Waals surface area contributed by atoms with E-state index in [2.05, 4.69) is 20.9 Å². The molecule has 1 heterocycles. The molecule has 0 spiro atoms. The quantitative estimate of drug-likeness (QED) is 0.842. The smallest absolute Gasteiger partial charge is 0.141 e. The van der Waals surface area contributed by atoms with Gasteiger partial charge in [0.15, 0.2) is 0 Å². The number of thiocarbonyl (C=S) groups is 1. The molecule has 3 nitrogen and oxygen atoms in total. The molecule has 0 radical (unpaired) electrons. The van der Waals surface area contributed by atoms with Gasteiger partial charge in [0.05, 0.1) is 15.7 Å². The van der Waals surface area contributed by atoms with E-state index in [0.717, 1.165) is 27.2 Å². The van der Waals surface area contributed by atoms with Gasteiger partial charge in [-0.1, -0.05) is 18.3 Å². The van der Waals surface area contributed by atoms with Crippen LogP contribution >= 0.6 is 28.1 Å². The number of aromatic nitrogens is 1. The van der Waals surface area contributed by atoms with Gasteiger partial charge in [-0.25, -0.2) is 0 Å². The molecule has 1 aromatic heterocycles. The van der Waals surface area contributed by atoms with Crippen LogP contribution in [0.2, 0.25) is 0 Å². The number of hydrogen-bond donors (Lipinski definition) is 1. The summed E-state index contributed by atoms with van der Waals surface area (Å²) in [7, 11) is 0. The van der Waals surface area contributed by atoms with Gasteiger partial charge in [0.25, 0.3) is 0 Å². The molecule has 1 aromatic carbocycles. The number of benzene rings is 1. The van der Waals surface area contributed by atoms with Crippen molar-refractivity contribution in [2.45, 2.75) is 20.8 Å². The molecule has 104 valence electrons. The summed E-state index contributed by atoms with van der Waals surface area (Å²) in [6.45, 7) is 5.81. The van der Waals surface area contributed by atoms with E-state index in [1.165, 1.54) is 0 Å². The Hall–Kier alpha value is -1.46. The monoisotopic (exact) mass is 350 g/mol. The van der Waals surface area contributed by atoms with Gasteiger partial charge in [-0.2, -0.15) is 0 Å². The van der Waals surface area contributed by atoms with Gasteiger partial charge in [-0.05, 0) is 54.4 Å². The number of rotatable bonds is 3. The molecule has 0 unspecified atom stereocenters. The van der Waals surface area contributed by atoms with E-state index < -0.39 is 0 Å². The normalized spacial score (nSPS) is 10.4. The summed E-state index contributed by atoms with van der Waals surface area (Å²) < 4.78 is 6.85. The Morgan fingerprint density at radius 3 is 2.50 bits per heavy atom. The summed E-state index contributed by atoms with van der Waals surface area (Å²) in [5.74, 6) is 1.35. The van der Waals surface area contributed by atoms with Gasteiger partial charge in [-0.15, -0.1) is 0 Å². The maximum absolute atomic E-state index is 5.96. The maximum atomic E-state index is 5.96. The first-order valence-electron chi connectivity index (χ1n) is 6.10. The molecular formula is C15H15BrN2OS. The molecule has 5 heteroatoms. The summed E-state index contributed by atoms with van der Waals surface area (Å²) >= 11 is 8.59. The Morgan fingerprint density at radius 1 is 1.20 bits per heavy atom. The second-order valence-electron chi connectivity index (χ2n) is 4.62. The third-order valence-electron chi connectivity index (χ3n) is 2.85. The highest BCUT2D eigenvalue weighted by molar-refractivity contribution is 9.10. The second-order valence-corrected chi connectivity index (χ2v) is 5.92. The number of nitrogens with two attached hydrogens (primary N) is 1. The highest BCUT2D eigenvalue weighted by Crippen LogP contribution is 2.33. The van der Waals surface area contributed by atoms with Crippen molar-refractivity contribution in [1.82, 2.24) is 4.98 Å². The Bertz CT molecular complexity index is 686. The summed E-state index contributed by atoms with van der Waals surface area (Å²) in [6.07, 6.45) is 0. The van der Waals surface area contributed by atoms with Crippen LogP contribution in [0.4, 0.5) is 0 Å². The average molecular weight is 351 g/mol. The summed E-state index contributed by atoms with van der Waals surface area (Å²) in [5, 5.41) is 0. The topological polar surface area (TPSA) is 48.1 Å². The Labute approximate surface area is 132 Å². The zero-order chi connectivity index (χ0) is 14.9. The fourth-order valence-electron chi connectivity index (χ4n) is 1.98. The molecule has 0 fully saturated rings. The van der Waals surface area contributed by atoms with Crippen LogP contribution in [0.5, 0.6) is 11.5 Å². The van der Waals surface area contributed by atoms with Crippen molar-refractivity contribution in [3.05, 3.63) is 51.3 Å². The third-order valence-corrected chi connectivity index (χ3v) is 3.67. The lowest BCUT2D eigenvalue weighted by molar-refractivity contribution is 0.476. The van der Waals surface area contributed by atoms with Gasteiger partial charge >= 0.3 is 0 Å². The Morgan fingerprint density at radius 2 is 1.90 bits per heavy atom. The van der Waals surface area contributed by atoms with Crippen molar-refractivity contribution in [2.75, 3.05) is 0 Å². The van der Waals surface area contributed by atoms with Crippen molar-refractivity contribution >= 4 is 33.1 Å². The first-order chi connectivity index (χ1) is 9.38. The standard InChI is InChI=1S/C15H15BrN2OS/c1-8-4-5-12(11(16)6-8)19-13-7-9(2)18-10(3)14(13)15(17)20/h4-7H,1-3H3,(H2,17,20). The molecular weight excluding hydrogens is 336 g/mol. The van der Waals surface area contributed by atoms with Gasteiger partial charge in [0, 0.05) is 11.8 Å². The van der Waals surface area contributed by atoms with E-state index in [4.69, 9.17) is 22.7 Å². The van der Waals surface area contributed by atoms with Crippen LogP contribution < -0.4 is 10.5 Å². The van der Waals surface area contributed by atoms with E-state index in [-0.39, 0.29) is 4.99 Å². The average Bonchev–Trinajstić information content (AvgIpc) is 2.31. The van der Waals surface area contributed by atoms with E-state index in [9.17, 15) is 0 Å². The summed E-state index contributed by atoms with van der Waals surface area (Å²) in [6, 6.07) is 7.74. The van der Waals surface area contributed by atoms with Crippen LogP contribution in [0.3, 0.4) is 0 Å². The molecule has 2 rings (SSSR count). The maximum Gasteiger partial charge on any atom is 0.141 e. The van der Waals surface area contributed by atoms with Gasteiger partial charge in [0.1, 0.15) is 16.5 Å². The lowest BCUT2D eigenvalue weighted by atomic mass is 10.1. The van der Waals surface area contributed by atoms with Crippen LogP contribution in [0.1, 0.15) is 22.5 Å². The largest absolute Gasteiger partial charge is 0.455 e. The van der Waals surface area contributed by atoms with Crippen molar-refractivity contribution in [3.8, 4) is 11.5 Å². The van der Waals surface area contributed by atoms with Crippen molar-refractivity contribution in [2.24, 2.45) is 5.73 Å². The SMILES string of the molecule is Cc1ccc(Oc2cc(C)nc(C)c2C(N)=S)c(Br)c1. The Balaban J connectivity index is 2.50. The number of pyridine rings is 1. The fraction of sp³-hybridized carbons (Fsp3) is 0.200. The summed E-state index contributed by atoms with van der Waals surface area (Å²) in [4.78, 5) is 4.66. The first kappa shape index (κ1) is 14.9. The van der Waals surface area contributed by atoms with Crippen LogP contribution in [0.15, 0.2) is 28.7 Å². The van der Waals surface area contributed by atoms with E-state index in [0.29, 0.717) is 11.3 Å². The number of hydrogen-bond acceptors (Lipinski definition) is 3. The molecule has 0 amide bonds. The zero-order valence-electron chi connectivity index (χ0n) is 11.5. The van der Waals surface area contributed by atoms with Gasteiger partial charge < -0.3 is 10.5 Å². The minimum Gasteiger partial charge on any atom is -0.455 e. The second kappa shape index (κ2) is 5.89. The van der Waals surface area contributed by atoms with Crippen LogP contribution in [-0.4, -0.2) is 9.97 Å². The molecule has 0 saturated heterocycles. The van der Waals surface area contributed by atoms with E-state index >= 15 is 0 Å². The molecule has 0 atom stereocenters. The predicted molar refractivity (Wildman–Crippen MR) is 88.6 cm³/mol. The van der Waals surface area contributed by atoms with Crippen LogP contribution in [-0.2, 0) is 0 Å². The Kier molecular flexibility index (Phi) is 4.40. The molecule has 2 aromatic rings. The van der Waals surface area contributed by atoms with Crippen molar-refractivity contribution in [3.63, 3.8) is 0 Å². The lowest BCUT2D eigenvalue weighted by Gasteiger charge is -2.14. The number of halogens is 1. The minimum atomic E-state index is 0.285. The molecule has 0 aliphatic carbocycles. The van der Waals surface area contributed by atoms with Crippen molar-refractivity contribution in [1.29, 1.82) is 0 Å². The van der Waals surface area contributed by atoms with Gasteiger partial charge in [0.2, 0.25) is 0 Å². The van der Waals surface area contributed by atoms with Crippen LogP contribution in [0, 0.1) is 20.8 Å². The third kappa shape index (κ3) is 3.16. The lowest BCUT2D eigenvalue weighted by Crippen LogP contribution is -2.14. The highest BCUT2D eigenvalue weighted by atomic mass is 79.9. The molecule has 0 aliphatic heterocycles. The molecule has 0 bridgehead atoms. The van der Waals surface area contributed by atoms with E-state index in [1.54, 1.807) is 0 Å². The number of nitrogens with zero attached hydrogens (tertiary/aromatic N) is 1. The van der Waals surface area contributed by atoms with Gasteiger partial charge in [-0.3, -0.25) is 4.98 Å². The predicted octanol–water partition coefficient (Wildman–Crippen LogP) is 4.20. The fourth-order valence-corrected chi connectivity index (χ4v) is 2.80. The zero-order valence-corrected chi connectivity index (χ0v) is 13.9. The van der Waals surface area contributed by atoms with Crippen LogP contribution in [0.25, 0.3) is 0 Å². The highest BCUT2D eigenvalue weighted by Gasteiger charge is 2.14.